The standard InChI is InChI=1S/C23H41N3O/c1-18(2)22-17-23(19(3)4)26(24-22)20-9-7-10-21(12-11-20)27-16-8-15-25-13-5-6-14-25/h17-21H,5-16H2,1-4H3/t20?,21-/m1/s1. The fourth-order valence-electron chi connectivity index (χ4n) is 4.64. The second-order valence-electron chi connectivity index (χ2n) is 9.31. The van der Waals surface area contributed by atoms with Crippen LogP contribution in [0, 0.1) is 0 Å². The van der Waals surface area contributed by atoms with Crippen LogP contribution in [-0.4, -0.2) is 47.0 Å². The van der Waals surface area contributed by atoms with E-state index in [0.717, 1.165) is 6.61 Å². The molecule has 1 aromatic rings. The summed E-state index contributed by atoms with van der Waals surface area (Å²) in [5, 5.41) is 5.01. The van der Waals surface area contributed by atoms with Gasteiger partial charge in [-0.1, -0.05) is 27.7 Å². The van der Waals surface area contributed by atoms with E-state index in [1.807, 2.05) is 0 Å². The molecule has 0 N–H and O–H groups in total. The quantitative estimate of drug-likeness (QED) is 0.443. The van der Waals surface area contributed by atoms with Crippen molar-refractivity contribution in [3.8, 4) is 0 Å². The summed E-state index contributed by atoms with van der Waals surface area (Å²) in [6.07, 6.45) is 10.5. The van der Waals surface area contributed by atoms with Gasteiger partial charge in [-0.15, -0.1) is 0 Å². The van der Waals surface area contributed by atoms with E-state index in [1.165, 1.54) is 82.4 Å². The van der Waals surface area contributed by atoms with E-state index >= 15 is 0 Å². The van der Waals surface area contributed by atoms with Crippen molar-refractivity contribution in [2.24, 2.45) is 0 Å². The first kappa shape index (κ1) is 20.9. The van der Waals surface area contributed by atoms with E-state index < -0.39 is 0 Å². The van der Waals surface area contributed by atoms with Gasteiger partial charge < -0.3 is 9.64 Å². The van der Waals surface area contributed by atoms with Crippen molar-refractivity contribution in [3.05, 3.63) is 17.5 Å². The van der Waals surface area contributed by atoms with Crippen LogP contribution >= 0.6 is 0 Å². The van der Waals surface area contributed by atoms with Gasteiger partial charge in [-0.25, -0.2) is 0 Å². The fraction of sp³-hybridized carbons (Fsp3) is 0.870. The van der Waals surface area contributed by atoms with Crippen LogP contribution in [0.4, 0.5) is 0 Å². The third kappa shape index (κ3) is 5.80. The molecule has 3 rings (SSSR count). The number of likely N-dealkylation sites (tertiary alicyclic amines) is 1. The number of hydrogen-bond acceptors (Lipinski definition) is 3. The third-order valence-corrected chi connectivity index (χ3v) is 6.37. The molecule has 2 aliphatic rings. The second kappa shape index (κ2) is 10.1. The SMILES string of the molecule is CC(C)c1cc(C(C)C)n(C2CCC[C@@H](OCCCN3CCCC3)CC2)n1. The molecule has 4 nitrogen and oxygen atoms in total. The fourth-order valence-corrected chi connectivity index (χ4v) is 4.64. The van der Waals surface area contributed by atoms with Gasteiger partial charge in [0.1, 0.15) is 0 Å². The van der Waals surface area contributed by atoms with E-state index in [4.69, 9.17) is 9.84 Å². The Morgan fingerprint density at radius 2 is 1.78 bits per heavy atom. The van der Waals surface area contributed by atoms with Crippen LogP contribution in [0.2, 0.25) is 0 Å². The number of nitrogens with zero attached hydrogens (tertiary/aromatic N) is 3. The van der Waals surface area contributed by atoms with E-state index in [1.54, 1.807) is 0 Å². The predicted octanol–water partition coefficient (Wildman–Crippen LogP) is 5.51. The minimum atomic E-state index is 0.455. The number of rotatable bonds is 8. The van der Waals surface area contributed by atoms with Crippen LogP contribution in [0.5, 0.6) is 0 Å². The molecule has 0 amide bonds. The molecule has 27 heavy (non-hydrogen) atoms. The van der Waals surface area contributed by atoms with Crippen molar-refractivity contribution < 1.29 is 4.74 Å². The van der Waals surface area contributed by atoms with Crippen molar-refractivity contribution in [2.75, 3.05) is 26.2 Å². The Labute approximate surface area is 166 Å². The molecule has 0 radical (unpaired) electrons. The zero-order valence-corrected chi connectivity index (χ0v) is 18.1. The highest BCUT2D eigenvalue weighted by Crippen LogP contribution is 2.32. The molecule has 1 saturated heterocycles. The van der Waals surface area contributed by atoms with Crippen molar-refractivity contribution in [3.63, 3.8) is 0 Å². The van der Waals surface area contributed by atoms with Gasteiger partial charge in [0.2, 0.25) is 0 Å². The lowest BCUT2D eigenvalue weighted by Crippen LogP contribution is -2.22. The van der Waals surface area contributed by atoms with Gasteiger partial charge in [0.25, 0.3) is 0 Å². The summed E-state index contributed by atoms with van der Waals surface area (Å²) < 4.78 is 8.64. The van der Waals surface area contributed by atoms with Crippen LogP contribution < -0.4 is 0 Å². The minimum Gasteiger partial charge on any atom is -0.378 e. The molecule has 0 spiro atoms. The van der Waals surface area contributed by atoms with Gasteiger partial charge in [0.05, 0.1) is 17.8 Å². The molecule has 1 unspecified atom stereocenters. The maximum atomic E-state index is 6.27. The molecule has 1 aromatic heterocycles. The first-order valence-electron chi connectivity index (χ1n) is 11.5. The summed E-state index contributed by atoms with van der Waals surface area (Å²) >= 11 is 0. The Morgan fingerprint density at radius 1 is 1.00 bits per heavy atom. The molecule has 0 aromatic carbocycles. The van der Waals surface area contributed by atoms with Crippen molar-refractivity contribution in [1.29, 1.82) is 0 Å². The predicted molar refractivity (Wildman–Crippen MR) is 113 cm³/mol. The molecule has 1 aliphatic heterocycles. The normalized spacial score (nSPS) is 24.8. The smallest absolute Gasteiger partial charge is 0.0653 e. The van der Waals surface area contributed by atoms with E-state index in [9.17, 15) is 0 Å². The Balaban J connectivity index is 1.49. The lowest BCUT2D eigenvalue weighted by molar-refractivity contribution is 0.0376. The first-order chi connectivity index (χ1) is 13.0. The molecule has 2 fully saturated rings. The topological polar surface area (TPSA) is 30.3 Å². The molecule has 2 heterocycles. The molecule has 0 bridgehead atoms. The van der Waals surface area contributed by atoms with Crippen LogP contribution in [0.25, 0.3) is 0 Å². The van der Waals surface area contributed by atoms with Gasteiger partial charge in [-0.2, -0.15) is 5.10 Å². The molecule has 4 heteroatoms. The highest BCUT2D eigenvalue weighted by atomic mass is 16.5. The van der Waals surface area contributed by atoms with Crippen molar-refractivity contribution >= 4 is 0 Å². The minimum absolute atomic E-state index is 0.455. The Bertz CT molecular complexity index is 560. The summed E-state index contributed by atoms with van der Waals surface area (Å²) in [4.78, 5) is 2.59. The lowest BCUT2D eigenvalue weighted by atomic mass is 10.0. The van der Waals surface area contributed by atoms with E-state index in [-0.39, 0.29) is 0 Å². The Kier molecular flexibility index (Phi) is 7.77. The number of aromatic nitrogens is 2. The monoisotopic (exact) mass is 375 g/mol. The van der Waals surface area contributed by atoms with Gasteiger partial charge >= 0.3 is 0 Å². The highest BCUT2D eigenvalue weighted by Gasteiger charge is 2.24. The number of ether oxygens (including phenoxy) is 1. The molecular formula is C23H41N3O. The maximum Gasteiger partial charge on any atom is 0.0653 e. The van der Waals surface area contributed by atoms with Gasteiger partial charge in [-0.3, -0.25) is 4.68 Å². The largest absolute Gasteiger partial charge is 0.378 e. The van der Waals surface area contributed by atoms with Crippen molar-refractivity contribution in [1.82, 2.24) is 14.7 Å². The average molecular weight is 376 g/mol. The summed E-state index contributed by atoms with van der Waals surface area (Å²) in [5.41, 5.74) is 2.66. The molecule has 154 valence electrons. The average Bonchev–Trinajstić information content (AvgIpc) is 3.25. The van der Waals surface area contributed by atoms with Crippen LogP contribution in [0.1, 0.15) is 108 Å². The molecule has 1 aliphatic carbocycles. The zero-order valence-electron chi connectivity index (χ0n) is 18.1. The second-order valence-corrected chi connectivity index (χ2v) is 9.31. The summed E-state index contributed by atoms with van der Waals surface area (Å²) in [7, 11) is 0. The number of hydrogen-bond donors (Lipinski definition) is 0. The Hall–Kier alpha value is -0.870. The van der Waals surface area contributed by atoms with Crippen LogP contribution in [0.3, 0.4) is 0 Å². The molecular weight excluding hydrogens is 334 g/mol. The summed E-state index contributed by atoms with van der Waals surface area (Å²) in [6, 6.07) is 2.89. The van der Waals surface area contributed by atoms with Gasteiger partial charge in [-0.05, 0) is 82.4 Å². The van der Waals surface area contributed by atoms with Crippen LogP contribution in [-0.2, 0) is 4.74 Å². The molecule has 1 saturated carbocycles. The zero-order chi connectivity index (χ0) is 19.2. The summed E-state index contributed by atoms with van der Waals surface area (Å²) in [6.45, 7) is 13.8. The van der Waals surface area contributed by atoms with Crippen molar-refractivity contribution in [2.45, 2.75) is 103 Å². The third-order valence-electron chi connectivity index (χ3n) is 6.37. The van der Waals surface area contributed by atoms with Crippen LogP contribution in [0.15, 0.2) is 6.07 Å². The van der Waals surface area contributed by atoms with E-state index in [0.29, 0.717) is 24.0 Å². The summed E-state index contributed by atoms with van der Waals surface area (Å²) in [5.74, 6) is 1.03. The maximum absolute atomic E-state index is 6.27. The van der Waals surface area contributed by atoms with Gasteiger partial charge in [0.15, 0.2) is 0 Å². The highest BCUT2D eigenvalue weighted by molar-refractivity contribution is 5.17. The lowest BCUT2D eigenvalue weighted by Gasteiger charge is -2.20. The Morgan fingerprint density at radius 3 is 2.48 bits per heavy atom. The first-order valence-corrected chi connectivity index (χ1v) is 11.5. The van der Waals surface area contributed by atoms with E-state index in [2.05, 4.69) is 43.3 Å². The van der Waals surface area contributed by atoms with Gasteiger partial charge in [0, 0.05) is 18.8 Å². The molecule has 2 atom stereocenters.